The van der Waals surface area contributed by atoms with Gasteiger partial charge < -0.3 is 10.5 Å². The van der Waals surface area contributed by atoms with Crippen LogP contribution >= 0.6 is 0 Å². The summed E-state index contributed by atoms with van der Waals surface area (Å²) in [4.78, 5) is 0. The summed E-state index contributed by atoms with van der Waals surface area (Å²) >= 11 is 0. The van der Waals surface area contributed by atoms with Crippen LogP contribution in [-0.2, 0) is 4.74 Å². The van der Waals surface area contributed by atoms with Crippen molar-refractivity contribution in [2.45, 2.75) is 45.6 Å². The fraction of sp³-hybridized carbons (Fsp3) is 0.600. The molecular weight excluding hydrogens is 210 g/mol. The average molecular weight is 235 g/mol. The van der Waals surface area contributed by atoms with Gasteiger partial charge in [-0.15, -0.1) is 0 Å². The van der Waals surface area contributed by atoms with Crippen molar-refractivity contribution in [3.63, 3.8) is 0 Å². The second-order valence-electron chi connectivity index (χ2n) is 4.66. The van der Waals surface area contributed by atoms with Crippen LogP contribution in [0.15, 0.2) is 24.3 Å². The van der Waals surface area contributed by atoms with Gasteiger partial charge in [-0.05, 0) is 18.9 Å². The number of hydrogen-bond donors (Lipinski definition) is 1. The number of aryl methyl sites for hydroxylation is 1. The lowest BCUT2D eigenvalue weighted by Gasteiger charge is -2.13. The van der Waals surface area contributed by atoms with Crippen molar-refractivity contribution < 1.29 is 4.74 Å². The number of ether oxygens (including phenoxy) is 1. The molecule has 17 heavy (non-hydrogen) atoms. The van der Waals surface area contributed by atoms with Gasteiger partial charge in [0, 0.05) is 6.61 Å². The molecule has 0 bridgehead atoms. The van der Waals surface area contributed by atoms with E-state index in [-0.39, 0.29) is 6.04 Å². The molecule has 0 fully saturated rings. The van der Waals surface area contributed by atoms with Crippen LogP contribution in [0, 0.1) is 6.92 Å². The Labute approximate surface area is 105 Å². The third-order valence-corrected chi connectivity index (χ3v) is 2.91. The van der Waals surface area contributed by atoms with Gasteiger partial charge >= 0.3 is 0 Å². The second kappa shape index (κ2) is 8.26. The van der Waals surface area contributed by atoms with E-state index in [2.05, 4.69) is 32.0 Å². The van der Waals surface area contributed by atoms with Crippen molar-refractivity contribution in [1.29, 1.82) is 0 Å². The van der Waals surface area contributed by atoms with Crippen molar-refractivity contribution in [2.24, 2.45) is 5.73 Å². The summed E-state index contributed by atoms with van der Waals surface area (Å²) in [5, 5.41) is 0. The molecule has 2 nitrogen and oxygen atoms in total. The maximum atomic E-state index is 6.08. The van der Waals surface area contributed by atoms with E-state index >= 15 is 0 Å². The zero-order valence-electron chi connectivity index (χ0n) is 11.1. The predicted molar refractivity (Wildman–Crippen MR) is 73.1 cm³/mol. The molecule has 0 aliphatic rings. The van der Waals surface area contributed by atoms with Crippen molar-refractivity contribution in [1.82, 2.24) is 0 Å². The fourth-order valence-corrected chi connectivity index (χ4v) is 1.84. The Balaban J connectivity index is 2.19. The van der Waals surface area contributed by atoms with Crippen molar-refractivity contribution >= 4 is 0 Å². The first-order valence-electron chi connectivity index (χ1n) is 6.64. The zero-order valence-corrected chi connectivity index (χ0v) is 11.1. The quantitative estimate of drug-likeness (QED) is 0.699. The van der Waals surface area contributed by atoms with Gasteiger partial charge in [0.05, 0.1) is 12.6 Å². The lowest BCUT2D eigenvalue weighted by Crippen LogP contribution is -2.17. The van der Waals surface area contributed by atoms with Crippen LogP contribution in [0.25, 0.3) is 0 Å². The van der Waals surface area contributed by atoms with Crippen LogP contribution in [-0.4, -0.2) is 13.2 Å². The number of unbranched alkanes of at least 4 members (excludes halogenated alkanes) is 3. The topological polar surface area (TPSA) is 35.2 Å². The third-order valence-electron chi connectivity index (χ3n) is 2.91. The first-order valence-corrected chi connectivity index (χ1v) is 6.64. The minimum Gasteiger partial charge on any atom is -0.379 e. The van der Waals surface area contributed by atoms with Crippen molar-refractivity contribution in [3.8, 4) is 0 Å². The van der Waals surface area contributed by atoms with Crippen molar-refractivity contribution in [2.75, 3.05) is 13.2 Å². The lowest BCUT2D eigenvalue weighted by molar-refractivity contribution is 0.117. The average Bonchev–Trinajstić information content (AvgIpc) is 2.33. The van der Waals surface area contributed by atoms with Gasteiger partial charge in [-0.3, -0.25) is 0 Å². The molecule has 2 heteroatoms. The smallest absolute Gasteiger partial charge is 0.0659 e. The Morgan fingerprint density at radius 1 is 1.24 bits per heavy atom. The highest BCUT2D eigenvalue weighted by molar-refractivity contribution is 5.24. The van der Waals surface area contributed by atoms with E-state index in [4.69, 9.17) is 10.5 Å². The fourth-order valence-electron chi connectivity index (χ4n) is 1.84. The molecule has 1 unspecified atom stereocenters. The first kappa shape index (κ1) is 14.2. The summed E-state index contributed by atoms with van der Waals surface area (Å²) in [6, 6.07) is 8.33. The molecule has 0 radical (unpaired) electrons. The Morgan fingerprint density at radius 3 is 2.76 bits per heavy atom. The minimum atomic E-state index is 0.000996. The van der Waals surface area contributed by atoms with Crippen LogP contribution in [0.1, 0.15) is 49.8 Å². The standard InChI is InChI=1S/C15H25NO/c1-3-4-5-6-10-17-12-15(16)14-9-7-8-13(2)11-14/h7-9,11,15H,3-6,10,12,16H2,1-2H3. The van der Waals surface area contributed by atoms with Gasteiger partial charge in [-0.25, -0.2) is 0 Å². The van der Waals surface area contributed by atoms with E-state index in [0.717, 1.165) is 13.0 Å². The molecule has 0 saturated heterocycles. The highest BCUT2D eigenvalue weighted by atomic mass is 16.5. The number of nitrogens with two attached hydrogens (primary N) is 1. The summed E-state index contributed by atoms with van der Waals surface area (Å²) in [6.07, 6.45) is 4.97. The highest BCUT2D eigenvalue weighted by Gasteiger charge is 2.05. The summed E-state index contributed by atoms with van der Waals surface area (Å²) in [6.45, 7) is 5.76. The molecule has 96 valence electrons. The minimum absolute atomic E-state index is 0.000996. The molecule has 1 rings (SSSR count). The van der Waals surface area contributed by atoms with Crippen LogP contribution in [0.4, 0.5) is 0 Å². The van der Waals surface area contributed by atoms with E-state index in [9.17, 15) is 0 Å². The Kier molecular flexibility index (Phi) is 6.90. The molecule has 0 aliphatic carbocycles. The van der Waals surface area contributed by atoms with Gasteiger partial charge in [0.1, 0.15) is 0 Å². The van der Waals surface area contributed by atoms with E-state index in [1.165, 1.54) is 30.4 Å². The number of hydrogen-bond acceptors (Lipinski definition) is 2. The molecule has 2 N–H and O–H groups in total. The summed E-state index contributed by atoms with van der Waals surface area (Å²) in [7, 11) is 0. The maximum Gasteiger partial charge on any atom is 0.0659 e. The van der Waals surface area contributed by atoms with Crippen LogP contribution in [0.5, 0.6) is 0 Å². The van der Waals surface area contributed by atoms with E-state index in [0.29, 0.717) is 6.61 Å². The van der Waals surface area contributed by atoms with Gasteiger partial charge in [-0.2, -0.15) is 0 Å². The molecule has 0 aliphatic heterocycles. The Bertz CT molecular complexity index is 312. The second-order valence-corrected chi connectivity index (χ2v) is 4.66. The summed E-state index contributed by atoms with van der Waals surface area (Å²) < 4.78 is 5.61. The van der Waals surface area contributed by atoms with E-state index in [1.807, 2.05) is 6.07 Å². The Morgan fingerprint density at radius 2 is 2.06 bits per heavy atom. The van der Waals surface area contributed by atoms with Gasteiger partial charge in [-0.1, -0.05) is 56.0 Å². The molecule has 0 aromatic heterocycles. The van der Waals surface area contributed by atoms with Crippen LogP contribution in [0.2, 0.25) is 0 Å². The largest absolute Gasteiger partial charge is 0.379 e. The van der Waals surface area contributed by atoms with E-state index in [1.54, 1.807) is 0 Å². The molecule has 1 aromatic rings. The Hall–Kier alpha value is -0.860. The molecular formula is C15H25NO. The van der Waals surface area contributed by atoms with Crippen LogP contribution in [0.3, 0.4) is 0 Å². The highest BCUT2D eigenvalue weighted by Crippen LogP contribution is 2.12. The molecule has 0 amide bonds. The van der Waals surface area contributed by atoms with Gasteiger partial charge in [0.15, 0.2) is 0 Å². The monoisotopic (exact) mass is 235 g/mol. The van der Waals surface area contributed by atoms with Crippen LogP contribution < -0.4 is 5.73 Å². The van der Waals surface area contributed by atoms with Crippen molar-refractivity contribution in [3.05, 3.63) is 35.4 Å². The first-order chi connectivity index (χ1) is 8.24. The number of rotatable bonds is 8. The lowest BCUT2D eigenvalue weighted by atomic mass is 10.1. The molecule has 0 saturated carbocycles. The third kappa shape index (κ3) is 5.85. The van der Waals surface area contributed by atoms with Gasteiger partial charge in [0.2, 0.25) is 0 Å². The van der Waals surface area contributed by atoms with Gasteiger partial charge in [0.25, 0.3) is 0 Å². The normalized spacial score (nSPS) is 12.6. The zero-order chi connectivity index (χ0) is 12.5. The summed E-state index contributed by atoms with van der Waals surface area (Å²) in [5.74, 6) is 0. The van der Waals surface area contributed by atoms with E-state index < -0.39 is 0 Å². The predicted octanol–water partition coefficient (Wildman–Crippen LogP) is 3.59. The molecule has 0 heterocycles. The molecule has 1 atom stereocenters. The molecule has 0 spiro atoms. The SMILES string of the molecule is CCCCCCOCC(N)c1cccc(C)c1. The molecule has 1 aromatic carbocycles. The maximum absolute atomic E-state index is 6.08. The number of benzene rings is 1. The summed E-state index contributed by atoms with van der Waals surface area (Å²) in [5.41, 5.74) is 8.50.